The van der Waals surface area contributed by atoms with Gasteiger partial charge in [0.25, 0.3) is 0 Å². The summed E-state index contributed by atoms with van der Waals surface area (Å²) in [5.74, 6) is 0. The second-order valence-corrected chi connectivity index (χ2v) is 6.42. The van der Waals surface area contributed by atoms with Crippen LogP contribution >= 0.6 is 7.92 Å². The molecule has 2 heteroatoms. The zero-order valence-electron chi connectivity index (χ0n) is 10.1. The van der Waals surface area contributed by atoms with Gasteiger partial charge in [-0.15, -0.1) is 0 Å². The third-order valence-electron chi connectivity index (χ3n) is 2.72. The van der Waals surface area contributed by atoms with E-state index in [1.807, 2.05) is 42.5 Å². The zero-order valence-corrected chi connectivity index (χ0v) is 11.0. The molecule has 1 nitrogen and oxygen atoms in total. The van der Waals surface area contributed by atoms with Gasteiger partial charge >= 0.3 is 0 Å². The number of benzene rings is 2. The van der Waals surface area contributed by atoms with E-state index in [1.54, 1.807) is 0 Å². The monoisotopic (exact) mass is 241 g/mol. The van der Waals surface area contributed by atoms with Gasteiger partial charge in [-0.1, -0.05) is 62.5 Å². The summed E-state index contributed by atoms with van der Waals surface area (Å²) in [6.07, 6.45) is 0. The van der Waals surface area contributed by atoms with Crippen molar-refractivity contribution >= 4 is 18.9 Å². The first-order chi connectivity index (χ1) is 8.20. The largest absolute Gasteiger partial charge is 0.300 e. The van der Waals surface area contributed by atoms with Crippen molar-refractivity contribution in [2.24, 2.45) is 0 Å². The Morgan fingerprint density at radius 1 is 0.882 bits per heavy atom. The zero-order chi connectivity index (χ0) is 12.3. The Morgan fingerprint density at radius 3 is 2.12 bits per heavy atom. The number of hydrogen-bond donors (Lipinski definition) is 1. The van der Waals surface area contributed by atoms with Crippen molar-refractivity contribution in [2.75, 3.05) is 13.3 Å². The Kier molecular flexibility index (Phi) is 3.71. The van der Waals surface area contributed by atoms with Crippen LogP contribution in [-0.2, 0) is 0 Å². The Balaban J connectivity index is 2.45. The lowest BCUT2D eigenvalue weighted by Gasteiger charge is -2.13. The molecule has 0 atom stereocenters. The van der Waals surface area contributed by atoms with Crippen LogP contribution in [0, 0.1) is 5.41 Å². The van der Waals surface area contributed by atoms with Gasteiger partial charge in [0.2, 0.25) is 0 Å². The van der Waals surface area contributed by atoms with Crippen LogP contribution in [0.2, 0.25) is 0 Å². The fourth-order valence-corrected chi connectivity index (χ4v) is 2.89. The molecule has 0 aliphatic heterocycles. The van der Waals surface area contributed by atoms with E-state index >= 15 is 0 Å². The van der Waals surface area contributed by atoms with Crippen LogP contribution in [-0.4, -0.2) is 19.0 Å². The van der Waals surface area contributed by atoms with Gasteiger partial charge in [0.05, 0.1) is 5.71 Å². The number of hydrogen-bond acceptors (Lipinski definition) is 1. The highest BCUT2D eigenvalue weighted by molar-refractivity contribution is 7.64. The van der Waals surface area contributed by atoms with E-state index in [2.05, 4.69) is 25.5 Å². The molecule has 2 aromatic carbocycles. The summed E-state index contributed by atoms with van der Waals surface area (Å²) in [4.78, 5) is 0. The summed E-state index contributed by atoms with van der Waals surface area (Å²) < 4.78 is 0. The maximum absolute atomic E-state index is 8.32. The molecule has 0 saturated heterocycles. The fourth-order valence-electron chi connectivity index (χ4n) is 1.84. The maximum Gasteiger partial charge on any atom is 0.0690 e. The molecule has 0 radical (unpaired) electrons. The molecule has 17 heavy (non-hydrogen) atoms. The lowest BCUT2D eigenvalue weighted by Crippen LogP contribution is -2.14. The lowest BCUT2D eigenvalue weighted by molar-refractivity contribution is 1.47. The molecule has 0 aromatic heterocycles. The Morgan fingerprint density at radius 2 is 1.47 bits per heavy atom. The van der Waals surface area contributed by atoms with Crippen LogP contribution in [0.1, 0.15) is 11.1 Å². The topological polar surface area (TPSA) is 23.9 Å². The van der Waals surface area contributed by atoms with Gasteiger partial charge in [0.1, 0.15) is 0 Å². The van der Waals surface area contributed by atoms with E-state index < -0.39 is 0 Å². The normalized spacial score (nSPS) is 10.5. The first-order valence-corrected chi connectivity index (χ1v) is 7.84. The molecule has 0 spiro atoms. The smallest absolute Gasteiger partial charge is 0.0690 e. The van der Waals surface area contributed by atoms with E-state index in [-0.39, 0.29) is 7.92 Å². The molecule has 2 aromatic rings. The number of rotatable bonds is 3. The van der Waals surface area contributed by atoms with E-state index in [9.17, 15) is 0 Å². The molecule has 2 rings (SSSR count). The van der Waals surface area contributed by atoms with Crippen molar-refractivity contribution < 1.29 is 0 Å². The summed E-state index contributed by atoms with van der Waals surface area (Å²) in [6.45, 7) is 4.46. The van der Waals surface area contributed by atoms with Gasteiger partial charge < -0.3 is 0 Å². The molecule has 0 amide bonds. The highest BCUT2D eigenvalue weighted by atomic mass is 31.1. The first-order valence-electron chi connectivity index (χ1n) is 5.61. The van der Waals surface area contributed by atoms with Crippen LogP contribution in [0.4, 0.5) is 0 Å². The molecule has 0 unspecified atom stereocenters. The van der Waals surface area contributed by atoms with Gasteiger partial charge in [-0.25, -0.2) is 0 Å². The van der Waals surface area contributed by atoms with Crippen LogP contribution in [0.15, 0.2) is 54.6 Å². The molecule has 0 aliphatic carbocycles. The highest BCUT2D eigenvalue weighted by Gasteiger charge is 2.10. The molecule has 0 aliphatic rings. The minimum absolute atomic E-state index is 0.180. The van der Waals surface area contributed by atoms with E-state index in [1.165, 1.54) is 5.30 Å². The van der Waals surface area contributed by atoms with Crippen LogP contribution < -0.4 is 5.30 Å². The fraction of sp³-hybridized carbons (Fsp3) is 0.133. The van der Waals surface area contributed by atoms with Gasteiger partial charge in [0, 0.05) is 11.1 Å². The van der Waals surface area contributed by atoms with E-state index in [0.29, 0.717) is 5.71 Å². The summed E-state index contributed by atoms with van der Waals surface area (Å²) in [5, 5.41) is 9.62. The molecular formula is C15H16NP. The lowest BCUT2D eigenvalue weighted by atomic mass is 10.0. The number of nitrogens with one attached hydrogen (secondary N) is 1. The second-order valence-electron chi connectivity index (χ2n) is 4.15. The molecule has 1 N–H and O–H groups in total. The highest BCUT2D eigenvalue weighted by Crippen LogP contribution is 2.26. The van der Waals surface area contributed by atoms with Crippen molar-refractivity contribution in [3.05, 3.63) is 65.7 Å². The summed E-state index contributed by atoms with van der Waals surface area (Å²) in [6, 6.07) is 18.2. The van der Waals surface area contributed by atoms with Crippen LogP contribution in [0.5, 0.6) is 0 Å². The standard InChI is InChI=1S/C15H16NP/c1-17(2)14-11-7-6-10-13(14)15(16)12-8-4-3-5-9-12/h3-11,16H,1-2H3. The van der Waals surface area contributed by atoms with Gasteiger partial charge in [-0.3, -0.25) is 5.41 Å². The van der Waals surface area contributed by atoms with E-state index in [0.717, 1.165) is 11.1 Å². The third kappa shape index (κ3) is 2.62. The molecular weight excluding hydrogens is 225 g/mol. The summed E-state index contributed by atoms with van der Waals surface area (Å²) in [7, 11) is -0.180. The predicted octanol–water partition coefficient (Wildman–Crippen LogP) is 3.47. The molecule has 0 saturated carbocycles. The van der Waals surface area contributed by atoms with Gasteiger partial charge in [-0.05, 0) is 18.6 Å². The summed E-state index contributed by atoms with van der Waals surface area (Å²) in [5.41, 5.74) is 2.67. The third-order valence-corrected chi connectivity index (χ3v) is 4.07. The minimum Gasteiger partial charge on any atom is -0.300 e. The van der Waals surface area contributed by atoms with Gasteiger partial charge in [0.15, 0.2) is 0 Å². The SMILES string of the molecule is CP(C)c1ccccc1C(=N)c1ccccc1. The molecule has 0 bridgehead atoms. The minimum atomic E-state index is -0.180. The average Bonchev–Trinajstić information content (AvgIpc) is 2.39. The van der Waals surface area contributed by atoms with Crippen LogP contribution in [0.3, 0.4) is 0 Å². The van der Waals surface area contributed by atoms with Crippen molar-refractivity contribution in [3.8, 4) is 0 Å². The Hall–Kier alpha value is -1.46. The summed E-state index contributed by atoms with van der Waals surface area (Å²) >= 11 is 0. The van der Waals surface area contributed by atoms with Crippen molar-refractivity contribution in [2.45, 2.75) is 0 Å². The Labute approximate surface area is 104 Å². The van der Waals surface area contributed by atoms with Crippen molar-refractivity contribution in [1.29, 1.82) is 5.41 Å². The van der Waals surface area contributed by atoms with Crippen molar-refractivity contribution in [3.63, 3.8) is 0 Å². The molecule has 86 valence electrons. The van der Waals surface area contributed by atoms with E-state index in [4.69, 9.17) is 5.41 Å². The quantitative estimate of drug-likeness (QED) is 0.628. The van der Waals surface area contributed by atoms with Gasteiger partial charge in [-0.2, -0.15) is 0 Å². The van der Waals surface area contributed by atoms with Crippen LogP contribution in [0.25, 0.3) is 0 Å². The predicted molar refractivity (Wildman–Crippen MR) is 77.2 cm³/mol. The maximum atomic E-state index is 8.32. The van der Waals surface area contributed by atoms with Crippen molar-refractivity contribution in [1.82, 2.24) is 0 Å². The second kappa shape index (κ2) is 5.25. The molecule has 0 fully saturated rings. The Bertz CT molecular complexity index is 517. The average molecular weight is 241 g/mol. The first kappa shape index (κ1) is 12.0. The molecule has 0 heterocycles.